The first-order valence-electron chi connectivity index (χ1n) is 5.24. The average molecular weight is 267 g/mol. The second-order valence-corrected chi connectivity index (χ2v) is 5.45. The van der Waals surface area contributed by atoms with Crippen molar-refractivity contribution in [1.29, 1.82) is 5.41 Å². The summed E-state index contributed by atoms with van der Waals surface area (Å²) in [6.45, 7) is 3.59. The van der Waals surface area contributed by atoms with Crippen LogP contribution in [0.3, 0.4) is 0 Å². The molecule has 1 aliphatic heterocycles. The molecule has 1 fully saturated rings. The first-order chi connectivity index (χ1) is 8.31. The molecule has 18 heavy (non-hydrogen) atoms. The molecule has 1 aromatic rings. The highest BCUT2D eigenvalue weighted by molar-refractivity contribution is 7.13. The van der Waals surface area contributed by atoms with E-state index in [-0.39, 0.29) is 17.3 Å². The van der Waals surface area contributed by atoms with Gasteiger partial charge in [0.15, 0.2) is 5.13 Å². The van der Waals surface area contributed by atoms with E-state index in [2.05, 4.69) is 15.6 Å². The number of thiazole rings is 1. The number of nitrogen functional groups attached to an aromatic ring is 1. The maximum absolute atomic E-state index is 11.8. The van der Waals surface area contributed by atoms with Crippen molar-refractivity contribution in [3.05, 3.63) is 11.1 Å². The van der Waals surface area contributed by atoms with Crippen molar-refractivity contribution in [2.75, 3.05) is 5.73 Å². The predicted molar refractivity (Wildman–Crippen MR) is 67.5 cm³/mol. The fourth-order valence-corrected chi connectivity index (χ4v) is 2.23. The molecule has 1 atom stereocenters. The highest BCUT2D eigenvalue weighted by Gasteiger charge is 2.47. The monoisotopic (exact) mass is 267 g/mol. The molecule has 0 saturated carbocycles. The van der Waals surface area contributed by atoms with E-state index >= 15 is 0 Å². The third kappa shape index (κ3) is 2.06. The summed E-state index contributed by atoms with van der Waals surface area (Å²) in [4.78, 5) is 27.0. The van der Waals surface area contributed by atoms with Gasteiger partial charge in [0.1, 0.15) is 17.4 Å². The van der Waals surface area contributed by atoms with Gasteiger partial charge in [-0.1, -0.05) is 0 Å². The van der Waals surface area contributed by atoms with E-state index in [1.165, 1.54) is 5.38 Å². The van der Waals surface area contributed by atoms with Gasteiger partial charge in [0.05, 0.1) is 5.54 Å². The lowest BCUT2D eigenvalue weighted by molar-refractivity contribution is -0.138. The van der Waals surface area contributed by atoms with E-state index in [1.807, 2.05) is 0 Å². The summed E-state index contributed by atoms with van der Waals surface area (Å²) in [5.41, 5.74) is 4.87. The number of hydrogen-bond donors (Lipinski definition) is 4. The molecular formula is C10H13N5O2S. The average Bonchev–Trinajstić information content (AvgIpc) is 2.70. The molecular weight excluding hydrogens is 254 g/mol. The molecule has 2 rings (SSSR count). The molecule has 0 spiro atoms. The van der Waals surface area contributed by atoms with Crippen molar-refractivity contribution < 1.29 is 9.59 Å². The minimum absolute atomic E-state index is 0.215. The number of nitrogens with two attached hydrogens (primary N) is 1. The number of carbonyl (C=O) groups is 2. The van der Waals surface area contributed by atoms with E-state index < -0.39 is 17.5 Å². The van der Waals surface area contributed by atoms with E-state index in [0.717, 1.165) is 11.3 Å². The zero-order chi connectivity index (χ0) is 13.5. The van der Waals surface area contributed by atoms with Crippen LogP contribution in [0.15, 0.2) is 5.38 Å². The number of hydrogen-bond acceptors (Lipinski definition) is 6. The standard InChI is InChI=1S/C10H13N5O2S/c1-10(2)6(8(17)15-10)14-7(16)5(11)4-3-18-9(12)13-4/h3,6,11H,1-2H3,(H2,12,13)(H,14,16)(H,15,17)/t6-/m1/s1. The van der Waals surface area contributed by atoms with Crippen molar-refractivity contribution in [2.45, 2.75) is 25.4 Å². The second kappa shape index (κ2) is 4.05. The Hall–Kier alpha value is -1.96. The van der Waals surface area contributed by atoms with Crippen LogP contribution in [0.4, 0.5) is 5.13 Å². The Morgan fingerprint density at radius 1 is 1.67 bits per heavy atom. The number of β-lactam (4-membered cyclic amide) rings is 1. The van der Waals surface area contributed by atoms with Crippen LogP contribution >= 0.6 is 11.3 Å². The summed E-state index contributed by atoms with van der Waals surface area (Å²) < 4.78 is 0. The van der Waals surface area contributed by atoms with Gasteiger partial charge in [0.25, 0.3) is 5.91 Å². The molecule has 1 aliphatic rings. The van der Waals surface area contributed by atoms with Gasteiger partial charge in [-0.15, -0.1) is 11.3 Å². The Balaban J connectivity index is 2.05. The van der Waals surface area contributed by atoms with Gasteiger partial charge in [-0.3, -0.25) is 15.0 Å². The van der Waals surface area contributed by atoms with Crippen LogP contribution in [0.5, 0.6) is 0 Å². The Kier molecular flexibility index (Phi) is 2.81. The smallest absolute Gasteiger partial charge is 0.272 e. The van der Waals surface area contributed by atoms with Gasteiger partial charge in [0, 0.05) is 5.38 Å². The lowest BCUT2D eigenvalue weighted by Gasteiger charge is -2.44. The van der Waals surface area contributed by atoms with Crippen molar-refractivity contribution >= 4 is 34.0 Å². The van der Waals surface area contributed by atoms with Gasteiger partial charge in [-0.05, 0) is 13.8 Å². The van der Waals surface area contributed by atoms with E-state index in [1.54, 1.807) is 13.8 Å². The van der Waals surface area contributed by atoms with Crippen LogP contribution in [0.1, 0.15) is 19.5 Å². The lowest BCUT2D eigenvalue weighted by atomic mass is 9.85. The van der Waals surface area contributed by atoms with E-state index in [0.29, 0.717) is 5.13 Å². The molecule has 2 amide bonds. The normalized spacial score (nSPS) is 20.8. The van der Waals surface area contributed by atoms with Gasteiger partial charge in [-0.25, -0.2) is 4.98 Å². The molecule has 0 unspecified atom stereocenters. The predicted octanol–water partition coefficient (Wildman–Crippen LogP) is -0.514. The fourth-order valence-electron chi connectivity index (χ4n) is 1.68. The van der Waals surface area contributed by atoms with Crippen LogP contribution in [0, 0.1) is 5.41 Å². The van der Waals surface area contributed by atoms with Crippen molar-refractivity contribution in [3.8, 4) is 0 Å². The molecule has 5 N–H and O–H groups in total. The Labute approximate surface area is 107 Å². The Morgan fingerprint density at radius 3 is 2.78 bits per heavy atom. The summed E-state index contributed by atoms with van der Waals surface area (Å²) >= 11 is 1.16. The molecule has 7 nitrogen and oxygen atoms in total. The minimum Gasteiger partial charge on any atom is -0.375 e. The van der Waals surface area contributed by atoms with Crippen LogP contribution in [0.25, 0.3) is 0 Å². The van der Waals surface area contributed by atoms with Crippen LogP contribution < -0.4 is 16.4 Å². The summed E-state index contributed by atoms with van der Waals surface area (Å²) in [5, 5.41) is 14.7. The quantitative estimate of drug-likeness (QED) is 0.435. The molecule has 0 aliphatic carbocycles. The molecule has 0 bridgehead atoms. The number of rotatable bonds is 3. The maximum atomic E-state index is 11.8. The largest absolute Gasteiger partial charge is 0.375 e. The highest BCUT2D eigenvalue weighted by atomic mass is 32.1. The van der Waals surface area contributed by atoms with E-state index in [4.69, 9.17) is 11.1 Å². The topological polar surface area (TPSA) is 121 Å². The SMILES string of the molecule is CC1(C)NC(=O)[C@H]1NC(=O)C(=N)c1csc(N)n1. The van der Waals surface area contributed by atoms with Crippen LogP contribution in [-0.4, -0.2) is 34.1 Å². The summed E-state index contributed by atoms with van der Waals surface area (Å²) in [5.74, 6) is -0.882. The molecule has 1 saturated heterocycles. The van der Waals surface area contributed by atoms with Gasteiger partial charge >= 0.3 is 0 Å². The molecule has 8 heteroatoms. The number of carbonyl (C=O) groups excluding carboxylic acids is 2. The number of amides is 2. The number of aromatic nitrogens is 1. The number of anilines is 1. The summed E-state index contributed by atoms with van der Waals surface area (Å²) in [7, 11) is 0. The first kappa shape index (κ1) is 12.5. The van der Waals surface area contributed by atoms with Gasteiger partial charge in [-0.2, -0.15) is 0 Å². The maximum Gasteiger partial charge on any atom is 0.272 e. The highest BCUT2D eigenvalue weighted by Crippen LogP contribution is 2.19. The lowest BCUT2D eigenvalue weighted by Crippen LogP contribution is -2.75. The second-order valence-electron chi connectivity index (χ2n) is 4.56. The number of nitrogens with one attached hydrogen (secondary N) is 3. The minimum atomic E-state index is -0.631. The van der Waals surface area contributed by atoms with Gasteiger partial charge in [0.2, 0.25) is 5.91 Å². The number of nitrogens with zero attached hydrogens (tertiary/aromatic N) is 1. The molecule has 96 valence electrons. The molecule has 1 aromatic heterocycles. The molecule has 0 radical (unpaired) electrons. The van der Waals surface area contributed by atoms with E-state index in [9.17, 15) is 9.59 Å². The van der Waals surface area contributed by atoms with Crippen LogP contribution in [0.2, 0.25) is 0 Å². The Bertz CT molecular complexity index is 536. The fraction of sp³-hybridized carbons (Fsp3) is 0.400. The van der Waals surface area contributed by atoms with Crippen molar-refractivity contribution in [3.63, 3.8) is 0 Å². The van der Waals surface area contributed by atoms with Crippen molar-refractivity contribution in [1.82, 2.24) is 15.6 Å². The third-order valence-corrected chi connectivity index (χ3v) is 3.38. The molecule has 0 aromatic carbocycles. The van der Waals surface area contributed by atoms with Gasteiger partial charge < -0.3 is 16.4 Å². The Morgan fingerprint density at radius 2 is 2.33 bits per heavy atom. The zero-order valence-corrected chi connectivity index (χ0v) is 10.7. The third-order valence-electron chi connectivity index (χ3n) is 2.71. The van der Waals surface area contributed by atoms with Crippen LogP contribution in [-0.2, 0) is 9.59 Å². The first-order valence-corrected chi connectivity index (χ1v) is 6.12. The van der Waals surface area contributed by atoms with Crippen molar-refractivity contribution in [2.24, 2.45) is 0 Å². The summed E-state index contributed by atoms with van der Waals surface area (Å²) in [6.07, 6.45) is 0. The summed E-state index contributed by atoms with van der Waals surface area (Å²) in [6, 6.07) is -0.624. The molecule has 2 heterocycles. The zero-order valence-electron chi connectivity index (χ0n) is 9.90.